The molecule has 0 aliphatic carbocycles. The van der Waals surface area contributed by atoms with Gasteiger partial charge in [-0.15, -0.1) is 0 Å². The Labute approximate surface area is 262 Å². The van der Waals surface area contributed by atoms with E-state index in [1.165, 1.54) is 17.0 Å². The van der Waals surface area contributed by atoms with Crippen LogP contribution >= 0.6 is 0 Å². The molecule has 16 nitrogen and oxygen atoms in total. The molecule has 1 saturated heterocycles. The summed E-state index contributed by atoms with van der Waals surface area (Å²) >= 11 is 0. The number of hydrogen-bond donors (Lipinski definition) is 4. The first-order chi connectivity index (χ1) is 21.8. The topological polar surface area (TPSA) is 227 Å². The third-order valence-electron chi connectivity index (χ3n) is 7.78. The van der Waals surface area contributed by atoms with Crippen molar-refractivity contribution in [3.63, 3.8) is 0 Å². The number of nitrogens with zero attached hydrogens (tertiary/aromatic N) is 3. The number of likely N-dealkylation sites (tertiary alicyclic amines) is 1. The first-order valence-corrected chi connectivity index (χ1v) is 14.7. The van der Waals surface area contributed by atoms with Gasteiger partial charge >= 0.3 is 11.6 Å². The second kappa shape index (κ2) is 14.5. The first kappa shape index (κ1) is 33.4. The molecule has 0 unspecified atom stereocenters. The summed E-state index contributed by atoms with van der Waals surface area (Å²) in [6, 6.07) is 6.99. The summed E-state index contributed by atoms with van der Waals surface area (Å²) in [6.45, 7) is 3.99. The molecule has 16 heteroatoms. The Kier molecular flexibility index (Phi) is 10.5. The summed E-state index contributed by atoms with van der Waals surface area (Å²) < 4.78 is 5.28. The van der Waals surface area contributed by atoms with Gasteiger partial charge in [0, 0.05) is 42.4 Å². The number of nitrogens with one attached hydrogen (secondary N) is 3. The maximum atomic E-state index is 13.3. The van der Waals surface area contributed by atoms with Gasteiger partial charge in [0.05, 0.1) is 15.9 Å². The predicted octanol–water partition coefficient (Wildman–Crippen LogP) is 3.56. The van der Waals surface area contributed by atoms with E-state index < -0.39 is 56.8 Å². The normalized spacial score (nSPS) is 15.6. The van der Waals surface area contributed by atoms with E-state index in [0.29, 0.717) is 43.5 Å². The molecule has 1 aromatic heterocycles. The van der Waals surface area contributed by atoms with E-state index in [4.69, 9.17) is 4.42 Å². The predicted molar refractivity (Wildman–Crippen MR) is 167 cm³/mol. The molecule has 1 fully saturated rings. The van der Waals surface area contributed by atoms with Crippen LogP contribution in [-0.4, -0.2) is 68.9 Å². The molecule has 2 heterocycles. The van der Waals surface area contributed by atoms with E-state index in [1.807, 2.05) is 0 Å². The van der Waals surface area contributed by atoms with E-state index in [0.717, 1.165) is 23.1 Å². The number of aliphatic carboxylic acids is 1. The van der Waals surface area contributed by atoms with Crippen molar-refractivity contribution in [2.45, 2.75) is 64.1 Å². The Morgan fingerprint density at radius 1 is 1.09 bits per heavy atom. The third kappa shape index (κ3) is 7.94. The molecule has 3 aromatic rings. The van der Waals surface area contributed by atoms with Gasteiger partial charge in [-0.3, -0.25) is 29.8 Å². The largest absolute Gasteiger partial charge is 0.480 e. The van der Waals surface area contributed by atoms with Gasteiger partial charge in [-0.2, -0.15) is 0 Å². The number of hydrogen-bond acceptors (Lipinski definition) is 11. The van der Waals surface area contributed by atoms with Gasteiger partial charge in [-0.25, -0.2) is 9.59 Å². The van der Waals surface area contributed by atoms with Crippen LogP contribution in [0.2, 0.25) is 0 Å². The quantitative estimate of drug-likeness (QED) is 0.0860. The number of non-ortho nitro benzene ring substituents is 1. The molecular weight excluding hydrogens is 604 g/mol. The van der Waals surface area contributed by atoms with Crippen LogP contribution in [-0.2, 0) is 14.4 Å². The van der Waals surface area contributed by atoms with Crippen LogP contribution in [0.15, 0.2) is 51.7 Å². The molecule has 46 heavy (non-hydrogen) atoms. The van der Waals surface area contributed by atoms with Crippen LogP contribution in [0.3, 0.4) is 0 Å². The fraction of sp³-hybridized carbons (Fsp3) is 0.400. The van der Waals surface area contributed by atoms with Gasteiger partial charge in [0.25, 0.3) is 11.4 Å². The molecule has 4 rings (SSSR count). The van der Waals surface area contributed by atoms with Crippen LogP contribution in [0.4, 0.5) is 22.7 Å². The van der Waals surface area contributed by atoms with Crippen molar-refractivity contribution in [1.29, 1.82) is 0 Å². The van der Waals surface area contributed by atoms with E-state index in [9.17, 15) is 44.5 Å². The molecule has 0 spiro atoms. The highest BCUT2D eigenvalue weighted by molar-refractivity contribution is 5.93. The number of unbranched alkanes of at least 4 members (excludes halogenated alkanes) is 1. The number of carbonyl (C=O) groups excluding carboxylic acids is 2. The number of anilines is 2. The van der Waals surface area contributed by atoms with Crippen molar-refractivity contribution >= 4 is 51.5 Å². The molecule has 2 aromatic carbocycles. The SMILES string of the molecule is Cc1cc(=O)oc2cc(N[C@@H](C)C(=O)N3CCC[C@H]3C(=O)N[C@@H](CCCCNc3ccc([N+](=O)[O-])cc3[N+](=O)[O-])C(=O)O)ccc12. The number of nitro benzene ring substituents is 2. The van der Waals surface area contributed by atoms with Crippen LogP contribution < -0.4 is 21.6 Å². The van der Waals surface area contributed by atoms with Gasteiger partial charge in [0.15, 0.2) is 0 Å². The fourth-order valence-electron chi connectivity index (χ4n) is 5.43. The van der Waals surface area contributed by atoms with Crippen molar-refractivity contribution < 1.29 is 33.8 Å². The smallest absolute Gasteiger partial charge is 0.336 e. The van der Waals surface area contributed by atoms with Gasteiger partial charge in [-0.05, 0) is 69.7 Å². The van der Waals surface area contributed by atoms with Gasteiger partial charge in [0.2, 0.25) is 11.8 Å². The number of carboxylic acids is 1. The Bertz CT molecular complexity index is 1720. The lowest BCUT2D eigenvalue weighted by atomic mass is 10.1. The van der Waals surface area contributed by atoms with Crippen LogP contribution in [0.5, 0.6) is 0 Å². The summed E-state index contributed by atoms with van der Waals surface area (Å²) in [7, 11) is 0. The van der Waals surface area contributed by atoms with Crippen molar-refractivity contribution in [3.05, 3.63) is 78.7 Å². The number of amides is 2. The molecule has 4 N–H and O–H groups in total. The Morgan fingerprint density at radius 3 is 2.54 bits per heavy atom. The molecule has 244 valence electrons. The first-order valence-electron chi connectivity index (χ1n) is 14.7. The summed E-state index contributed by atoms with van der Waals surface area (Å²) in [5.74, 6) is -2.16. The summed E-state index contributed by atoms with van der Waals surface area (Å²) in [6.07, 6.45) is 1.74. The number of aryl methyl sites for hydroxylation is 1. The highest BCUT2D eigenvalue weighted by Gasteiger charge is 2.37. The average molecular weight is 639 g/mol. The molecule has 0 saturated carbocycles. The third-order valence-corrected chi connectivity index (χ3v) is 7.78. The van der Waals surface area contributed by atoms with Gasteiger partial charge in [0.1, 0.15) is 29.4 Å². The Hall–Kier alpha value is -5.54. The Morgan fingerprint density at radius 2 is 1.85 bits per heavy atom. The van der Waals surface area contributed by atoms with Gasteiger partial charge in [-0.1, -0.05) is 0 Å². The van der Waals surface area contributed by atoms with Gasteiger partial charge < -0.3 is 30.4 Å². The minimum atomic E-state index is -1.24. The summed E-state index contributed by atoms with van der Waals surface area (Å²) in [5.41, 5.74) is 0.421. The zero-order valence-electron chi connectivity index (χ0n) is 25.2. The summed E-state index contributed by atoms with van der Waals surface area (Å²) in [5, 5.41) is 41.2. The fourth-order valence-corrected chi connectivity index (χ4v) is 5.43. The standard InChI is InChI=1S/C30H34N6O10/c1-17-14-27(37)46-26-15-19(8-10-21(17)26)32-18(2)29(39)34-13-5-7-24(34)28(38)33-23(30(40)41)6-3-4-12-31-22-11-9-20(35(42)43)16-25(22)36(44)45/h8-11,14-16,18,23-24,31-32H,3-7,12-13H2,1-2H3,(H,33,38)(H,40,41)/t18-,23-,24-/m0/s1. The average Bonchev–Trinajstić information content (AvgIpc) is 3.49. The molecule has 3 atom stereocenters. The van der Waals surface area contributed by atoms with Crippen molar-refractivity contribution in [2.24, 2.45) is 0 Å². The van der Waals surface area contributed by atoms with Crippen LogP contribution in [0, 0.1) is 27.2 Å². The molecule has 2 amide bonds. The zero-order chi connectivity index (χ0) is 33.5. The monoisotopic (exact) mass is 638 g/mol. The van der Waals surface area contributed by atoms with Crippen molar-refractivity contribution in [3.8, 4) is 0 Å². The van der Waals surface area contributed by atoms with E-state index in [-0.39, 0.29) is 24.6 Å². The maximum Gasteiger partial charge on any atom is 0.336 e. The number of nitro groups is 2. The van der Waals surface area contributed by atoms with Crippen molar-refractivity contribution in [2.75, 3.05) is 23.7 Å². The Balaban J connectivity index is 1.30. The highest BCUT2D eigenvalue weighted by atomic mass is 16.6. The zero-order valence-corrected chi connectivity index (χ0v) is 25.2. The minimum absolute atomic E-state index is 0.0707. The molecule has 1 aliphatic heterocycles. The van der Waals surface area contributed by atoms with Crippen LogP contribution in [0.25, 0.3) is 11.0 Å². The highest BCUT2D eigenvalue weighted by Crippen LogP contribution is 2.29. The second-order valence-corrected chi connectivity index (χ2v) is 11.1. The van der Waals surface area contributed by atoms with Crippen LogP contribution in [0.1, 0.15) is 44.6 Å². The molecule has 1 aliphatic rings. The maximum absolute atomic E-state index is 13.3. The number of rotatable bonds is 14. The number of carboxylic acid groups (broad SMARTS) is 1. The number of benzene rings is 2. The van der Waals surface area contributed by atoms with E-state index in [2.05, 4.69) is 16.0 Å². The van der Waals surface area contributed by atoms with E-state index >= 15 is 0 Å². The molecule has 0 radical (unpaired) electrons. The van der Waals surface area contributed by atoms with E-state index in [1.54, 1.807) is 32.0 Å². The lowest BCUT2D eigenvalue weighted by Gasteiger charge is -2.28. The number of carbonyl (C=O) groups is 3. The molecule has 0 bridgehead atoms. The number of fused-ring (bicyclic) bond motifs is 1. The lowest BCUT2D eigenvalue weighted by Crippen LogP contribution is -2.53. The van der Waals surface area contributed by atoms with Crippen molar-refractivity contribution in [1.82, 2.24) is 10.2 Å². The summed E-state index contributed by atoms with van der Waals surface area (Å²) in [4.78, 5) is 72.4. The second-order valence-electron chi connectivity index (χ2n) is 11.1. The minimum Gasteiger partial charge on any atom is -0.480 e. The lowest BCUT2D eigenvalue weighted by molar-refractivity contribution is -0.393. The molecular formula is C30H34N6O10.